The number of phenolic OH excluding ortho intramolecular Hbond substituents is 2. The van der Waals surface area contributed by atoms with E-state index in [1.54, 1.807) is 0 Å². The molecule has 1 heterocycles. The molecular weight excluding hydrogens is 280 g/mol. The first-order valence-electron chi connectivity index (χ1n) is 5.94. The van der Waals surface area contributed by atoms with Crippen LogP contribution in [-0.4, -0.2) is 29.1 Å². The van der Waals surface area contributed by atoms with Gasteiger partial charge < -0.3 is 19.4 Å². The maximum Gasteiger partial charge on any atom is 0.336 e. The van der Waals surface area contributed by atoms with Crippen LogP contribution in [0.25, 0.3) is 11.0 Å². The highest BCUT2D eigenvalue weighted by Crippen LogP contribution is 2.36. The van der Waals surface area contributed by atoms with Gasteiger partial charge in [-0.25, -0.2) is 4.79 Å². The van der Waals surface area contributed by atoms with Crippen LogP contribution in [0.3, 0.4) is 0 Å². The first-order valence-corrected chi connectivity index (χ1v) is 5.94. The molecule has 0 fully saturated rings. The first kappa shape index (κ1) is 14.6. The number of ketones is 1. The Morgan fingerprint density at radius 1 is 1.29 bits per heavy atom. The largest absolute Gasteiger partial charge is 0.504 e. The Morgan fingerprint density at radius 3 is 2.52 bits per heavy atom. The molecule has 0 saturated heterocycles. The minimum atomic E-state index is -0.783. The van der Waals surface area contributed by atoms with Gasteiger partial charge in [0.1, 0.15) is 5.56 Å². The Balaban J connectivity index is 2.87. The summed E-state index contributed by atoms with van der Waals surface area (Å²) in [4.78, 5) is 34.6. The predicted molar refractivity (Wildman–Crippen MR) is 71.5 cm³/mol. The highest BCUT2D eigenvalue weighted by Gasteiger charge is 2.21. The Hall–Kier alpha value is -2.83. The molecule has 7 nitrogen and oxygen atoms in total. The van der Waals surface area contributed by atoms with Gasteiger partial charge in [-0.3, -0.25) is 9.59 Å². The molecule has 2 N–H and O–H groups in total. The molecule has 0 aliphatic heterocycles. The van der Waals surface area contributed by atoms with E-state index < -0.39 is 28.9 Å². The van der Waals surface area contributed by atoms with Crippen LogP contribution < -0.4 is 5.63 Å². The van der Waals surface area contributed by atoms with Gasteiger partial charge in [-0.05, 0) is 18.6 Å². The van der Waals surface area contributed by atoms with Crippen LogP contribution in [0.5, 0.6) is 11.5 Å². The molecule has 0 aliphatic rings. The maximum atomic E-state index is 11.6. The third-order valence-electron chi connectivity index (χ3n) is 2.99. The number of methoxy groups -OCH3 is 1. The molecule has 0 aliphatic carbocycles. The SMILES string of the molecule is COC(=O)Cc1cc(=O)oc2c(C(C)=O)c(O)c(O)cc12. The van der Waals surface area contributed by atoms with Gasteiger partial charge in [0.15, 0.2) is 22.9 Å². The molecule has 0 saturated carbocycles. The van der Waals surface area contributed by atoms with Crippen LogP contribution in [0.1, 0.15) is 22.8 Å². The van der Waals surface area contributed by atoms with Gasteiger partial charge in [-0.2, -0.15) is 0 Å². The summed E-state index contributed by atoms with van der Waals surface area (Å²) in [6.07, 6.45) is -0.236. The molecule has 1 aromatic heterocycles. The van der Waals surface area contributed by atoms with Crippen LogP contribution in [0.4, 0.5) is 0 Å². The number of ether oxygens (including phenoxy) is 1. The predicted octanol–water partition coefficient (Wildman–Crippen LogP) is 1.12. The molecule has 0 bridgehead atoms. The lowest BCUT2D eigenvalue weighted by atomic mass is 10.0. The summed E-state index contributed by atoms with van der Waals surface area (Å²) in [5.41, 5.74) is -1.04. The topological polar surface area (TPSA) is 114 Å². The van der Waals surface area contributed by atoms with E-state index in [1.165, 1.54) is 7.11 Å². The molecule has 7 heteroatoms. The fourth-order valence-corrected chi connectivity index (χ4v) is 2.04. The molecule has 21 heavy (non-hydrogen) atoms. The number of rotatable bonds is 3. The minimum Gasteiger partial charge on any atom is -0.504 e. The lowest BCUT2D eigenvalue weighted by molar-refractivity contribution is -0.139. The monoisotopic (exact) mass is 292 g/mol. The number of Topliss-reactive ketones (excluding diaryl/α,β-unsaturated/α-hetero) is 1. The van der Waals surface area contributed by atoms with Gasteiger partial charge in [0, 0.05) is 11.5 Å². The van der Waals surface area contributed by atoms with Gasteiger partial charge in [0.2, 0.25) is 0 Å². The van der Waals surface area contributed by atoms with Crippen LogP contribution >= 0.6 is 0 Å². The molecule has 0 spiro atoms. The summed E-state index contributed by atoms with van der Waals surface area (Å²) < 4.78 is 9.47. The number of esters is 1. The number of hydrogen-bond donors (Lipinski definition) is 2. The van der Waals surface area contributed by atoms with Gasteiger partial charge in [-0.1, -0.05) is 0 Å². The molecular formula is C14H12O7. The second kappa shape index (κ2) is 5.28. The zero-order valence-electron chi connectivity index (χ0n) is 11.3. The third-order valence-corrected chi connectivity index (χ3v) is 2.99. The molecule has 1 aromatic carbocycles. The summed E-state index contributed by atoms with van der Waals surface area (Å²) in [7, 11) is 1.19. The van der Waals surface area contributed by atoms with E-state index in [-0.39, 0.29) is 28.5 Å². The zero-order valence-corrected chi connectivity index (χ0v) is 11.3. The first-order chi connectivity index (χ1) is 9.85. The van der Waals surface area contributed by atoms with Crippen molar-refractivity contribution in [1.82, 2.24) is 0 Å². The van der Waals surface area contributed by atoms with E-state index in [9.17, 15) is 24.6 Å². The van der Waals surface area contributed by atoms with Crippen molar-refractivity contribution in [2.75, 3.05) is 7.11 Å². The Morgan fingerprint density at radius 2 is 1.95 bits per heavy atom. The Bertz CT molecular complexity index is 801. The van der Waals surface area contributed by atoms with E-state index in [4.69, 9.17) is 4.42 Å². The summed E-state index contributed by atoms with van der Waals surface area (Å²) in [6, 6.07) is 2.19. The molecule has 0 atom stereocenters. The van der Waals surface area contributed by atoms with Crippen molar-refractivity contribution >= 4 is 22.7 Å². The number of carbonyl (C=O) groups excluding carboxylic acids is 2. The van der Waals surface area contributed by atoms with Gasteiger partial charge in [0.05, 0.1) is 13.5 Å². The summed E-state index contributed by atoms with van der Waals surface area (Å²) in [5.74, 6) is -2.41. The number of carbonyl (C=O) groups is 2. The number of fused-ring (bicyclic) bond motifs is 1. The van der Waals surface area contributed by atoms with Crippen LogP contribution in [0, 0.1) is 0 Å². The van der Waals surface area contributed by atoms with E-state index >= 15 is 0 Å². The van der Waals surface area contributed by atoms with Crippen LogP contribution in [-0.2, 0) is 16.0 Å². The number of phenols is 2. The Kier molecular flexibility index (Phi) is 3.66. The molecule has 110 valence electrons. The minimum absolute atomic E-state index is 0.177. The third kappa shape index (κ3) is 2.58. The van der Waals surface area contributed by atoms with Gasteiger partial charge in [-0.15, -0.1) is 0 Å². The van der Waals surface area contributed by atoms with Crippen molar-refractivity contribution in [2.24, 2.45) is 0 Å². The molecule has 2 rings (SSSR count). The van der Waals surface area contributed by atoms with Gasteiger partial charge in [0.25, 0.3) is 0 Å². The van der Waals surface area contributed by atoms with E-state index in [1.807, 2.05) is 0 Å². The normalized spacial score (nSPS) is 10.6. The summed E-state index contributed by atoms with van der Waals surface area (Å²) in [5, 5.41) is 19.6. The lowest BCUT2D eigenvalue weighted by Gasteiger charge is -2.10. The molecule has 0 radical (unpaired) electrons. The van der Waals surface area contributed by atoms with Crippen LogP contribution in [0.15, 0.2) is 21.3 Å². The van der Waals surface area contributed by atoms with Crippen LogP contribution in [0.2, 0.25) is 0 Å². The van der Waals surface area contributed by atoms with E-state index in [2.05, 4.69) is 4.74 Å². The van der Waals surface area contributed by atoms with Crippen molar-refractivity contribution in [3.63, 3.8) is 0 Å². The standard InChI is InChI=1S/C14H12O7/c1-6(15)12-13(19)9(16)5-8-7(3-10(17)20-2)4-11(18)21-14(8)12/h4-5,16,19H,3H2,1-2H3. The smallest absolute Gasteiger partial charge is 0.336 e. The van der Waals surface area contributed by atoms with Crippen molar-refractivity contribution in [3.8, 4) is 11.5 Å². The molecule has 0 unspecified atom stereocenters. The van der Waals surface area contributed by atoms with Crippen molar-refractivity contribution in [2.45, 2.75) is 13.3 Å². The average molecular weight is 292 g/mol. The molecule has 0 amide bonds. The fraction of sp³-hybridized carbons (Fsp3) is 0.214. The highest BCUT2D eigenvalue weighted by atomic mass is 16.5. The van der Waals surface area contributed by atoms with E-state index in [0.29, 0.717) is 0 Å². The van der Waals surface area contributed by atoms with Crippen molar-refractivity contribution in [1.29, 1.82) is 0 Å². The van der Waals surface area contributed by atoms with Gasteiger partial charge >= 0.3 is 11.6 Å². The number of hydrogen-bond acceptors (Lipinski definition) is 7. The van der Waals surface area contributed by atoms with E-state index in [0.717, 1.165) is 19.1 Å². The fourth-order valence-electron chi connectivity index (χ4n) is 2.04. The maximum absolute atomic E-state index is 11.6. The lowest BCUT2D eigenvalue weighted by Crippen LogP contribution is -2.10. The van der Waals surface area contributed by atoms with Crippen molar-refractivity contribution in [3.05, 3.63) is 33.7 Å². The highest BCUT2D eigenvalue weighted by molar-refractivity contribution is 6.09. The zero-order chi connectivity index (χ0) is 15.7. The summed E-state index contributed by atoms with van der Waals surface area (Å²) >= 11 is 0. The quantitative estimate of drug-likeness (QED) is 0.377. The average Bonchev–Trinajstić information content (AvgIpc) is 2.40. The summed E-state index contributed by atoms with van der Waals surface area (Å²) in [6.45, 7) is 1.15. The molecule has 2 aromatic rings. The Labute approximate surface area is 118 Å². The number of aromatic hydroxyl groups is 2. The second-order valence-electron chi connectivity index (χ2n) is 4.40. The second-order valence-corrected chi connectivity index (χ2v) is 4.40. The van der Waals surface area contributed by atoms with Crippen molar-refractivity contribution < 1.29 is 29.0 Å². The number of benzene rings is 1.